The van der Waals surface area contributed by atoms with Gasteiger partial charge in [0.05, 0.1) is 5.56 Å². The zero-order valence-corrected chi connectivity index (χ0v) is 11.7. The van der Waals surface area contributed by atoms with Crippen LogP contribution in [0.1, 0.15) is 12.5 Å². The molecule has 0 unspecified atom stereocenters. The molecule has 0 saturated heterocycles. The van der Waals surface area contributed by atoms with Gasteiger partial charge in [0.15, 0.2) is 5.16 Å². The Hall–Kier alpha value is -1.70. The van der Waals surface area contributed by atoms with Crippen molar-refractivity contribution in [3.8, 4) is 0 Å². The fraction of sp³-hybridized carbons (Fsp3) is 0.333. The lowest BCUT2D eigenvalue weighted by Crippen LogP contribution is -2.08. The van der Waals surface area contributed by atoms with Crippen molar-refractivity contribution in [3.63, 3.8) is 0 Å². The average molecular weight is 302 g/mol. The molecule has 0 aromatic carbocycles. The second-order valence-corrected chi connectivity index (χ2v) is 5.02. The van der Waals surface area contributed by atoms with E-state index in [1.807, 2.05) is 0 Å². The minimum absolute atomic E-state index is 0.207. The topological polar surface area (TPSA) is 42.7 Å². The molecule has 2 aromatic rings. The van der Waals surface area contributed by atoms with Crippen LogP contribution in [-0.4, -0.2) is 21.1 Å². The Morgan fingerprint density at radius 1 is 1.35 bits per heavy atom. The number of aromatic nitrogens is 3. The lowest BCUT2D eigenvalue weighted by molar-refractivity contribution is -0.137. The van der Waals surface area contributed by atoms with Gasteiger partial charge >= 0.3 is 6.18 Å². The zero-order valence-electron chi connectivity index (χ0n) is 10.9. The van der Waals surface area contributed by atoms with E-state index in [9.17, 15) is 13.2 Å². The molecule has 0 fully saturated rings. The minimum Gasteiger partial charge on any atom is -0.370 e. The molecule has 2 rings (SSSR count). The third-order valence-electron chi connectivity index (χ3n) is 2.46. The van der Waals surface area contributed by atoms with Crippen LogP contribution in [0.15, 0.2) is 34.7 Å². The highest BCUT2D eigenvalue weighted by Crippen LogP contribution is 2.34. The molecule has 8 heteroatoms. The summed E-state index contributed by atoms with van der Waals surface area (Å²) in [7, 11) is 1.77. The number of nitrogens with zero attached hydrogens (tertiary/aromatic N) is 3. The molecule has 0 aliphatic carbocycles. The number of imidazole rings is 1. The van der Waals surface area contributed by atoms with Gasteiger partial charge < -0.3 is 9.88 Å². The number of anilines is 1. The molecule has 1 N–H and O–H groups in total. The van der Waals surface area contributed by atoms with Crippen LogP contribution < -0.4 is 5.32 Å². The van der Waals surface area contributed by atoms with Gasteiger partial charge in [-0.3, -0.25) is 0 Å². The quantitative estimate of drug-likeness (QED) is 0.940. The van der Waals surface area contributed by atoms with Crippen LogP contribution >= 0.6 is 11.8 Å². The number of hydrogen-bond acceptors (Lipinski definition) is 4. The van der Waals surface area contributed by atoms with E-state index in [-0.39, 0.29) is 10.8 Å². The lowest BCUT2D eigenvalue weighted by Gasteiger charge is -2.11. The highest BCUT2D eigenvalue weighted by atomic mass is 32.2. The van der Waals surface area contributed by atoms with Crippen LogP contribution in [0.2, 0.25) is 0 Å². The first-order chi connectivity index (χ1) is 9.40. The summed E-state index contributed by atoms with van der Waals surface area (Å²) in [5.74, 6) is 0.207. The molecule has 0 aliphatic rings. The maximum atomic E-state index is 12.9. The first-order valence-corrected chi connectivity index (χ1v) is 6.70. The van der Waals surface area contributed by atoms with Gasteiger partial charge in [-0.2, -0.15) is 13.2 Å². The number of pyridine rings is 1. The van der Waals surface area contributed by atoms with E-state index < -0.39 is 11.7 Å². The van der Waals surface area contributed by atoms with E-state index in [0.717, 1.165) is 23.9 Å². The maximum Gasteiger partial charge on any atom is 0.416 e. The fourth-order valence-corrected chi connectivity index (χ4v) is 2.37. The summed E-state index contributed by atoms with van der Waals surface area (Å²) in [6, 6.07) is 2.03. The molecular formula is C12H13F3N4S. The average Bonchev–Trinajstić information content (AvgIpc) is 2.74. The minimum atomic E-state index is -4.40. The Labute approximate surface area is 118 Å². The second-order valence-electron chi connectivity index (χ2n) is 4.03. The monoisotopic (exact) mass is 302 g/mol. The molecule has 0 saturated carbocycles. The summed E-state index contributed by atoms with van der Waals surface area (Å²) in [6.45, 7) is 2.30. The molecule has 0 atom stereocenters. The second kappa shape index (κ2) is 5.74. The van der Waals surface area contributed by atoms with Gasteiger partial charge in [0.1, 0.15) is 10.8 Å². The first kappa shape index (κ1) is 14.7. The van der Waals surface area contributed by atoms with Gasteiger partial charge in [0, 0.05) is 26.0 Å². The highest BCUT2D eigenvalue weighted by molar-refractivity contribution is 7.99. The van der Waals surface area contributed by atoms with Gasteiger partial charge in [0.25, 0.3) is 0 Å². The number of halogens is 3. The molecule has 20 heavy (non-hydrogen) atoms. The van der Waals surface area contributed by atoms with E-state index in [1.165, 1.54) is 0 Å². The van der Waals surface area contributed by atoms with E-state index in [4.69, 9.17) is 0 Å². The molecule has 0 radical (unpaired) electrons. The molecule has 0 bridgehead atoms. The number of alkyl halides is 3. The summed E-state index contributed by atoms with van der Waals surface area (Å²) in [4.78, 5) is 8.21. The van der Waals surface area contributed by atoms with Crippen LogP contribution in [-0.2, 0) is 13.2 Å². The molecule has 0 amide bonds. The highest BCUT2D eigenvalue weighted by Gasteiger charge is 2.31. The molecule has 2 aromatic heterocycles. The zero-order chi connectivity index (χ0) is 14.8. The predicted octanol–water partition coefficient (Wildman–Crippen LogP) is 3.42. The normalized spacial score (nSPS) is 11.7. The third-order valence-corrected chi connectivity index (χ3v) is 3.45. The Kier molecular flexibility index (Phi) is 4.22. The first-order valence-electron chi connectivity index (χ1n) is 5.88. The Balaban J connectivity index is 2.36. The van der Waals surface area contributed by atoms with E-state index in [0.29, 0.717) is 11.7 Å². The van der Waals surface area contributed by atoms with Crippen molar-refractivity contribution >= 4 is 17.6 Å². The number of nitrogens with one attached hydrogen (secondary N) is 1. The van der Waals surface area contributed by atoms with Gasteiger partial charge in [-0.1, -0.05) is 0 Å². The number of hydrogen-bond donors (Lipinski definition) is 1. The van der Waals surface area contributed by atoms with Crippen molar-refractivity contribution < 1.29 is 13.2 Å². The van der Waals surface area contributed by atoms with E-state index in [1.54, 1.807) is 30.9 Å². The van der Waals surface area contributed by atoms with Crippen LogP contribution in [0, 0.1) is 0 Å². The Morgan fingerprint density at radius 2 is 2.10 bits per heavy atom. The van der Waals surface area contributed by atoms with Gasteiger partial charge in [-0.25, -0.2) is 9.97 Å². The maximum absolute atomic E-state index is 12.9. The van der Waals surface area contributed by atoms with Crippen molar-refractivity contribution in [1.82, 2.24) is 14.5 Å². The third kappa shape index (κ3) is 3.44. The predicted molar refractivity (Wildman–Crippen MR) is 70.7 cm³/mol. The SMILES string of the molecule is CCNc1cc(C(F)(F)F)cc(Sc2nccn2C)n1. The lowest BCUT2D eigenvalue weighted by atomic mass is 10.2. The van der Waals surface area contributed by atoms with Crippen LogP contribution in [0.3, 0.4) is 0 Å². The van der Waals surface area contributed by atoms with Crippen LogP contribution in [0.4, 0.5) is 19.0 Å². The van der Waals surface area contributed by atoms with Crippen molar-refractivity contribution in [2.45, 2.75) is 23.3 Å². The Bertz CT molecular complexity index is 595. The molecular weight excluding hydrogens is 289 g/mol. The van der Waals surface area contributed by atoms with Crippen molar-refractivity contribution in [2.75, 3.05) is 11.9 Å². The van der Waals surface area contributed by atoms with Crippen LogP contribution in [0.25, 0.3) is 0 Å². The molecule has 2 heterocycles. The standard InChI is InChI=1S/C12H13F3N4S/c1-3-16-9-6-8(12(13,14)15)7-10(18-9)20-11-17-4-5-19(11)2/h4-7H,3H2,1-2H3,(H,16,18). The van der Waals surface area contributed by atoms with Gasteiger partial charge in [-0.15, -0.1) is 0 Å². The molecule has 108 valence electrons. The largest absolute Gasteiger partial charge is 0.416 e. The number of rotatable bonds is 4. The smallest absolute Gasteiger partial charge is 0.370 e. The molecule has 0 aliphatic heterocycles. The summed E-state index contributed by atoms with van der Waals surface area (Å²) in [5, 5.41) is 3.64. The number of aryl methyl sites for hydroxylation is 1. The van der Waals surface area contributed by atoms with E-state index in [2.05, 4.69) is 15.3 Å². The molecule has 4 nitrogen and oxygen atoms in total. The molecule has 0 spiro atoms. The summed E-state index contributed by atoms with van der Waals surface area (Å²) in [5.41, 5.74) is -0.722. The van der Waals surface area contributed by atoms with E-state index >= 15 is 0 Å². The van der Waals surface area contributed by atoms with Crippen molar-refractivity contribution in [3.05, 3.63) is 30.1 Å². The van der Waals surface area contributed by atoms with Gasteiger partial charge in [-0.05, 0) is 30.8 Å². The van der Waals surface area contributed by atoms with Crippen molar-refractivity contribution in [2.24, 2.45) is 7.05 Å². The fourth-order valence-electron chi connectivity index (χ4n) is 1.54. The van der Waals surface area contributed by atoms with Gasteiger partial charge in [0.2, 0.25) is 0 Å². The van der Waals surface area contributed by atoms with Crippen molar-refractivity contribution in [1.29, 1.82) is 0 Å². The summed E-state index contributed by atoms with van der Waals surface area (Å²) < 4.78 is 40.3. The Morgan fingerprint density at radius 3 is 2.65 bits per heavy atom. The summed E-state index contributed by atoms with van der Waals surface area (Å²) in [6.07, 6.45) is -1.09. The summed E-state index contributed by atoms with van der Waals surface area (Å²) >= 11 is 1.09. The van der Waals surface area contributed by atoms with Crippen LogP contribution in [0.5, 0.6) is 0 Å².